The maximum absolute atomic E-state index is 11.9. The van der Waals surface area contributed by atoms with Crippen molar-refractivity contribution in [3.8, 4) is 0 Å². The predicted molar refractivity (Wildman–Crippen MR) is 85.9 cm³/mol. The quantitative estimate of drug-likeness (QED) is 0.834. The van der Waals surface area contributed by atoms with Gasteiger partial charge in [0.05, 0.1) is 6.20 Å². The van der Waals surface area contributed by atoms with Crippen LogP contribution in [-0.4, -0.2) is 61.3 Å². The van der Waals surface area contributed by atoms with Crippen LogP contribution in [0.25, 0.3) is 0 Å². The average Bonchev–Trinajstić information content (AvgIpc) is 2.38. The number of piperidine rings is 1. The van der Waals surface area contributed by atoms with E-state index in [1.807, 2.05) is 0 Å². The molecule has 6 nitrogen and oxygen atoms in total. The summed E-state index contributed by atoms with van der Waals surface area (Å²) in [4.78, 5) is 13.3. The van der Waals surface area contributed by atoms with Crippen LogP contribution in [0.5, 0.6) is 0 Å². The van der Waals surface area contributed by atoms with Crippen molar-refractivity contribution in [2.45, 2.75) is 50.1 Å². The molecule has 22 heavy (non-hydrogen) atoms. The zero-order valence-corrected chi connectivity index (χ0v) is 14.3. The Morgan fingerprint density at radius 1 is 1.27 bits per heavy atom. The summed E-state index contributed by atoms with van der Waals surface area (Å²) in [6, 6.07) is 1.14. The first kappa shape index (κ1) is 15.7. The van der Waals surface area contributed by atoms with Gasteiger partial charge < -0.3 is 4.90 Å². The summed E-state index contributed by atoms with van der Waals surface area (Å²) in [5.41, 5.74) is 0. The van der Waals surface area contributed by atoms with Crippen molar-refractivity contribution in [2.75, 3.05) is 30.8 Å². The molecule has 0 spiro atoms. The topological polar surface area (TPSA) is 66.4 Å². The third-order valence-electron chi connectivity index (χ3n) is 4.74. The maximum atomic E-state index is 11.9. The van der Waals surface area contributed by atoms with E-state index in [-0.39, 0.29) is 4.90 Å². The molecule has 1 atom stereocenters. The van der Waals surface area contributed by atoms with Crippen molar-refractivity contribution in [1.82, 2.24) is 14.9 Å². The van der Waals surface area contributed by atoms with E-state index in [0.717, 1.165) is 19.6 Å². The monoisotopic (exact) mass is 324 g/mol. The van der Waals surface area contributed by atoms with Crippen LogP contribution in [0.1, 0.15) is 32.0 Å². The van der Waals surface area contributed by atoms with Gasteiger partial charge >= 0.3 is 0 Å². The molecular formula is C15H24N4O2S. The van der Waals surface area contributed by atoms with Crippen LogP contribution in [0.2, 0.25) is 0 Å². The standard InChI is InChI=1S/C15H24N4O2S/c1-11-6-4-5-7-19(11)13-9-18(10-13)15-14(22(3,20)21)8-16-12(2)17-15/h8,11,13H,4-7,9-10H2,1-3H3/t11-/m1/s1. The summed E-state index contributed by atoms with van der Waals surface area (Å²) in [7, 11) is -3.30. The van der Waals surface area contributed by atoms with Gasteiger partial charge in [-0.2, -0.15) is 0 Å². The molecule has 1 aromatic rings. The molecule has 0 amide bonds. The average molecular weight is 324 g/mol. The Morgan fingerprint density at radius 2 is 2.00 bits per heavy atom. The molecule has 122 valence electrons. The van der Waals surface area contributed by atoms with Crippen LogP contribution in [-0.2, 0) is 9.84 Å². The Bertz CT molecular complexity index is 656. The number of aromatic nitrogens is 2. The Kier molecular flexibility index (Phi) is 4.11. The zero-order chi connectivity index (χ0) is 15.9. The van der Waals surface area contributed by atoms with Gasteiger partial charge in [0, 0.05) is 31.4 Å². The van der Waals surface area contributed by atoms with Crippen LogP contribution >= 0.6 is 0 Å². The molecule has 0 saturated carbocycles. The highest BCUT2D eigenvalue weighted by Gasteiger charge is 2.37. The van der Waals surface area contributed by atoms with E-state index in [2.05, 4.69) is 26.7 Å². The predicted octanol–water partition coefficient (Wildman–Crippen LogP) is 1.25. The minimum atomic E-state index is -3.30. The van der Waals surface area contributed by atoms with E-state index >= 15 is 0 Å². The van der Waals surface area contributed by atoms with E-state index in [0.29, 0.717) is 23.7 Å². The molecule has 2 aliphatic rings. The molecule has 0 N–H and O–H groups in total. The van der Waals surface area contributed by atoms with Crippen LogP contribution in [0.15, 0.2) is 11.1 Å². The first-order chi connectivity index (χ1) is 10.4. The fourth-order valence-corrected chi connectivity index (χ4v) is 4.19. The highest BCUT2D eigenvalue weighted by Crippen LogP contribution is 2.30. The van der Waals surface area contributed by atoms with Gasteiger partial charge in [0.1, 0.15) is 10.7 Å². The number of hydrogen-bond acceptors (Lipinski definition) is 6. The van der Waals surface area contributed by atoms with E-state index in [1.165, 1.54) is 31.7 Å². The first-order valence-electron chi connectivity index (χ1n) is 7.90. The molecule has 0 bridgehead atoms. The van der Waals surface area contributed by atoms with Gasteiger partial charge in [0.15, 0.2) is 15.7 Å². The van der Waals surface area contributed by atoms with E-state index in [1.54, 1.807) is 6.92 Å². The minimum absolute atomic E-state index is 0.239. The van der Waals surface area contributed by atoms with Crippen LogP contribution in [0.3, 0.4) is 0 Å². The highest BCUT2D eigenvalue weighted by atomic mass is 32.2. The Hall–Kier alpha value is -1.21. The van der Waals surface area contributed by atoms with E-state index in [9.17, 15) is 8.42 Å². The van der Waals surface area contributed by atoms with Gasteiger partial charge in [-0.15, -0.1) is 0 Å². The van der Waals surface area contributed by atoms with Gasteiger partial charge in [0.25, 0.3) is 0 Å². The Labute approximate surface area is 132 Å². The van der Waals surface area contributed by atoms with E-state index in [4.69, 9.17) is 0 Å². The number of anilines is 1. The smallest absolute Gasteiger partial charge is 0.180 e. The number of hydrogen-bond donors (Lipinski definition) is 0. The molecule has 3 heterocycles. The molecule has 0 aromatic carbocycles. The fourth-order valence-electron chi connectivity index (χ4n) is 3.44. The van der Waals surface area contributed by atoms with Gasteiger partial charge in [-0.25, -0.2) is 18.4 Å². The lowest BCUT2D eigenvalue weighted by Crippen LogP contribution is -2.62. The summed E-state index contributed by atoms with van der Waals surface area (Å²) >= 11 is 0. The molecule has 7 heteroatoms. The lowest BCUT2D eigenvalue weighted by atomic mass is 9.97. The van der Waals surface area contributed by atoms with E-state index < -0.39 is 9.84 Å². The number of aryl methyl sites for hydroxylation is 1. The van der Waals surface area contributed by atoms with Crippen LogP contribution < -0.4 is 4.90 Å². The number of sulfone groups is 1. The van der Waals surface area contributed by atoms with Gasteiger partial charge in [-0.3, -0.25) is 4.90 Å². The summed E-state index contributed by atoms with van der Waals surface area (Å²) in [5.74, 6) is 1.17. The minimum Gasteiger partial charge on any atom is -0.352 e. The van der Waals surface area contributed by atoms with Crippen molar-refractivity contribution in [3.05, 3.63) is 12.0 Å². The number of likely N-dealkylation sites (tertiary alicyclic amines) is 1. The van der Waals surface area contributed by atoms with Gasteiger partial charge in [-0.1, -0.05) is 6.42 Å². The van der Waals surface area contributed by atoms with Crippen molar-refractivity contribution in [1.29, 1.82) is 0 Å². The SMILES string of the molecule is Cc1ncc(S(C)(=O)=O)c(N2CC(N3CCCC[C@H]3C)C2)n1. The molecule has 2 fully saturated rings. The van der Waals surface area contributed by atoms with Gasteiger partial charge in [0.2, 0.25) is 0 Å². The summed E-state index contributed by atoms with van der Waals surface area (Å²) < 4.78 is 23.9. The van der Waals surface area contributed by atoms with Crippen molar-refractivity contribution >= 4 is 15.7 Å². The van der Waals surface area contributed by atoms with Crippen molar-refractivity contribution in [2.24, 2.45) is 0 Å². The lowest BCUT2D eigenvalue weighted by molar-refractivity contribution is 0.0870. The van der Waals surface area contributed by atoms with Crippen LogP contribution in [0, 0.1) is 6.92 Å². The second-order valence-corrected chi connectivity index (χ2v) is 8.50. The molecule has 2 saturated heterocycles. The molecule has 2 aliphatic heterocycles. The molecular weight excluding hydrogens is 300 g/mol. The van der Waals surface area contributed by atoms with Crippen LogP contribution in [0.4, 0.5) is 5.82 Å². The molecule has 1 aromatic heterocycles. The second kappa shape index (κ2) is 5.77. The maximum Gasteiger partial charge on any atom is 0.180 e. The largest absolute Gasteiger partial charge is 0.352 e. The Balaban J connectivity index is 1.76. The second-order valence-electron chi connectivity index (χ2n) is 6.52. The molecule has 0 unspecified atom stereocenters. The molecule has 3 rings (SSSR count). The Morgan fingerprint density at radius 3 is 2.64 bits per heavy atom. The zero-order valence-electron chi connectivity index (χ0n) is 13.5. The third-order valence-corrected chi connectivity index (χ3v) is 5.83. The van der Waals surface area contributed by atoms with Crippen molar-refractivity contribution in [3.63, 3.8) is 0 Å². The molecule has 0 radical (unpaired) electrons. The molecule has 0 aliphatic carbocycles. The fraction of sp³-hybridized carbons (Fsp3) is 0.733. The summed E-state index contributed by atoms with van der Waals surface area (Å²) in [6.45, 7) is 6.94. The lowest BCUT2D eigenvalue weighted by Gasteiger charge is -2.49. The summed E-state index contributed by atoms with van der Waals surface area (Å²) in [5, 5.41) is 0. The normalized spacial score (nSPS) is 24.3. The highest BCUT2D eigenvalue weighted by molar-refractivity contribution is 7.90. The first-order valence-corrected chi connectivity index (χ1v) is 9.80. The van der Waals surface area contributed by atoms with Crippen molar-refractivity contribution < 1.29 is 8.42 Å². The number of rotatable bonds is 3. The third kappa shape index (κ3) is 2.96. The summed E-state index contributed by atoms with van der Waals surface area (Å²) in [6.07, 6.45) is 6.50. The van der Waals surface area contributed by atoms with Gasteiger partial charge in [-0.05, 0) is 33.2 Å². The number of nitrogens with zero attached hydrogens (tertiary/aromatic N) is 4.